The van der Waals surface area contributed by atoms with Crippen LogP contribution in [0.4, 0.5) is 0 Å². The molecule has 3 heterocycles. The summed E-state index contributed by atoms with van der Waals surface area (Å²) in [7, 11) is 0. The van der Waals surface area contributed by atoms with Crippen LogP contribution in [0.15, 0.2) is 328 Å². The molecule has 16 rings (SSSR count). The maximum atomic E-state index is 5.57. The average Bonchev–Trinajstić information content (AvgIpc) is 1.41. The quantitative estimate of drug-likeness (QED) is 0.130. The molecular formula is C82H54N4. The molecule has 4 heteroatoms. The van der Waals surface area contributed by atoms with Crippen molar-refractivity contribution in [2.75, 3.05) is 0 Å². The van der Waals surface area contributed by atoms with Crippen LogP contribution in [0, 0.1) is 0 Å². The monoisotopic (exact) mass is 1090 g/mol. The molecule has 2 aromatic heterocycles. The Balaban J connectivity index is 0.919. The van der Waals surface area contributed by atoms with Crippen LogP contribution in [0.25, 0.3) is 128 Å². The maximum absolute atomic E-state index is 5.57. The van der Waals surface area contributed by atoms with Gasteiger partial charge in [-0.3, -0.25) is 0 Å². The van der Waals surface area contributed by atoms with Crippen molar-refractivity contribution in [2.24, 2.45) is 0 Å². The minimum absolute atomic E-state index is 0.579. The molecule has 0 unspecified atom stereocenters. The molecule has 0 N–H and O–H groups in total. The smallest absolute Gasteiger partial charge is 0.164 e. The molecule has 1 aliphatic rings. The Bertz CT molecular complexity index is 4680. The summed E-state index contributed by atoms with van der Waals surface area (Å²) in [5.41, 5.74) is 23.7. The van der Waals surface area contributed by atoms with E-state index in [1.807, 2.05) is 0 Å². The lowest BCUT2D eigenvalue weighted by Crippen LogP contribution is -2.35. The van der Waals surface area contributed by atoms with Gasteiger partial charge in [-0.05, 0) is 162 Å². The summed E-state index contributed by atoms with van der Waals surface area (Å²) in [6, 6.07) is 118. The van der Waals surface area contributed by atoms with Gasteiger partial charge < -0.3 is 4.57 Å². The van der Waals surface area contributed by atoms with Crippen molar-refractivity contribution in [1.82, 2.24) is 19.5 Å². The lowest BCUT2D eigenvalue weighted by Gasteiger charge is -2.42. The molecule has 0 bridgehead atoms. The molecule has 86 heavy (non-hydrogen) atoms. The molecule has 15 aromatic rings. The fourth-order valence-electron chi connectivity index (χ4n) is 13.3. The van der Waals surface area contributed by atoms with Gasteiger partial charge >= 0.3 is 0 Å². The van der Waals surface area contributed by atoms with Gasteiger partial charge in [0.15, 0.2) is 17.5 Å². The van der Waals surface area contributed by atoms with E-state index in [9.17, 15) is 0 Å². The van der Waals surface area contributed by atoms with Crippen molar-refractivity contribution < 1.29 is 0 Å². The van der Waals surface area contributed by atoms with Gasteiger partial charge in [-0.15, -0.1) is 0 Å². The third kappa shape index (κ3) is 8.74. The molecule has 13 aromatic carbocycles. The minimum atomic E-state index is -0.723. The third-order valence-electron chi connectivity index (χ3n) is 17.3. The Morgan fingerprint density at radius 2 is 0.547 bits per heavy atom. The zero-order chi connectivity index (χ0) is 57.0. The second-order valence-electron chi connectivity index (χ2n) is 22.3. The summed E-state index contributed by atoms with van der Waals surface area (Å²) in [4.78, 5) is 16.6. The summed E-state index contributed by atoms with van der Waals surface area (Å²) in [6.45, 7) is 0. The third-order valence-corrected chi connectivity index (χ3v) is 17.3. The highest BCUT2D eigenvalue weighted by atomic mass is 15.0. The van der Waals surface area contributed by atoms with Crippen LogP contribution < -0.4 is 0 Å². The van der Waals surface area contributed by atoms with Crippen LogP contribution in [-0.4, -0.2) is 19.5 Å². The highest BCUT2D eigenvalue weighted by Gasteiger charge is 2.45. The standard InChI is InChI=1S/C82H54N4/c1-7-24-55(25-8-1)64-48-65(56-26-9-2-10-27-56)51-68(50-64)59-32-21-34-61(46-59)79-83-80(62-35-22-33-60(47-62)69-52-66(57-28-11-3-12-29-57)49-67(53-69)58-30-13-4-14-31-58)85-81(84-79)63-44-45-77-75(54-63)82(70-36-15-5-16-37-70,71-38-17-6-18-39-71)74-42-23-41-73-72-40-19-20-43-76(72)86(77)78(73)74/h1-54H. The second-order valence-corrected chi connectivity index (χ2v) is 22.3. The van der Waals surface area contributed by atoms with Gasteiger partial charge in [-0.25, -0.2) is 15.0 Å². The fraction of sp³-hybridized carbons (Fsp3) is 0.0122. The van der Waals surface area contributed by atoms with Crippen LogP contribution in [-0.2, 0) is 5.41 Å². The summed E-state index contributed by atoms with van der Waals surface area (Å²) < 4.78 is 2.48. The number of fused-ring (bicyclic) bond motifs is 5. The number of hydrogen-bond acceptors (Lipinski definition) is 3. The molecule has 0 radical (unpaired) electrons. The number of aromatic nitrogens is 4. The first-order chi connectivity index (χ1) is 42.6. The largest absolute Gasteiger partial charge is 0.309 e. The minimum Gasteiger partial charge on any atom is -0.309 e. The average molecular weight is 1100 g/mol. The van der Waals surface area contributed by atoms with Crippen LogP contribution >= 0.6 is 0 Å². The molecule has 0 atom stereocenters. The van der Waals surface area contributed by atoms with Crippen molar-refractivity contribution in [3.05, 3.63) is 350 Å². The number of nitrogens with zero attached hydrogens (tertiary/aromatic N) is 4. The summed E-state index contributed by atoms with van der Waals surface area (Å²) in [5.74, 6) is 1.74. The Hall–Kier alpha value is -11.3. The number of hydrogen-bond donors (Lipinski definition) is 0. The van der Waals surface area contributed by atoms with E-state index in [1.165, 1.54) is 38.5 Å². The highest BCUT2D eigenvalue weighted by molar-refractivity contribution is 6.12. The number of rotatable bonds is 11. The normalized spacial score (nSPS) is 12.3. The van der Waals surface area contributed by atoms with Crippen molar-refractivity contribution in [2.45, 2.75) is 5.41 Å². The van der Waals surface area contributed by atoms with Crippen LogP contribution in [0.3, 0.4) is 0 Å². The Morgan fingerprint density at radius 1 is 0.221 bits per heavy atom. The van der Waals surface area contributed by atoms with Crippen LogP contribution in [0.2, 0.25) is 0 Å². The van der Waals surface area contributed by atoms with E-state index < -0.39 is 5.41 Å². The molecule has 402 valence electrons. The lowest BCUT2D eigenvalue weighted by molar-refractivity contribution is 0.728. The Kier molecular flexibility index (Phi) is 12.4. The van der Waals surface area contributed by atoms with E-state index in [4.69, 9.17) is 15.0 Å². The first-order valence-corrected chi connectivity index (χ1v) is 29.4. The van der Waals surface area contributed by atoms with E-state index in [0.717, 1.165) is 94.7 Å². The first-order valence-electron chi connectivity index (χ1n) is 29.4. The lowest BCUT2D eigenvalue weighted by atomic mass is 9.63. The zero-order valence-electron chi connectivity index (χ0n) is 47.0. The van der Waals surface area contributed by atoms with E-state index in [2.05, 4.69) is 332 Å². The van der Waals surface area contributed by atoms with Gasteiger partial charge in [0.05, 0.1) is 22.1 Å². The van der Waals surface area contributed by atoms with Crippen molar-refractivity contribution in [1.29, 1.82) is 0 Å². The van der Waals surface area contributed by atoms with Gasteiger partial charge in [-0.1, -0.05) is 255 Å². The van der Waals surface area contributed by atoms with Gasteiger partial charge in [0.2, 0.25) is 0 Å². The molecular weight excluding hydrogens is 1040 g/mol. The summed E-state index contributed by atoms with van der Waals surface area (Å²) >= 11 is 0. The Morgan fingerprint density at radius 3 is 0.988 bits per heavy atom. The highest BCUT2D eigenvalue weighted by Crippen LogP contribution is 2.55. The summed E-state index contributed by atoms with van der Waals surface area (Å²) in [6.07, 6.45) is 0. The molecule has 0 amide bonds. The fourth-order valence-corrected chi connectivity index (χ4v) is 13.3. The van der Waals surface area contributed by atoms with Gasteiger partial charge in [0.1, 0.15) is 0 Å². The predicted octanol–water partition coefficient (Wildman–Crippen LogP) is 20.7. The van der Waals surface area contributed by atoms with Crippen molar-refractivity contribution in [3.63, 3.8) is 0 Å². The van der Waals surface area contributed by atoms with Crippen LogP contribution in [0.5, 0.6) is 0 Å². The summed E-state index contributed by atoms with van der Waals surface area (Å²) in [5, 5.41) is 2.45. The zero-order valence-corrected chi connectivity index (χ0v) is 47.0. The molecule has 0 aliphatic carbocycles. The van der Waals surface area contributed by atoms with Crippen molar-refractivity contribution >= 4 is 21.8 Å². The molecule has 4 nitrogen and oxygen atoms in total. The molecule has 0 saturated heterocycles. The van der Waals surface area contributed by atoms with Crippen molar-refractivity contribution in [3.8, 4) is 107 Å². The van der Waals surface area contributed by atoms with E-state index in [1.54, 1.807) is 0 Å². The first kappa shape index (κ1) is 50.4. The molecule has 0 saturated carbocycles. The predicted molar refractivity (Wildman–Crippen MR) is 355 cm³/mol. The number of benzene rings is 13. The second kappa shape index (κ2) is 21.1. The van der Waals surface area contributed by atoms with Gasteiger partial charge in [0.25, 0.3) is 0 Å². The van der Waals surface area contributed by atoms with Gasteiger partial charge in [-0.2, -0.15) is 0 Å². The molecule has 0 fully saturated rings. The SMILES string of the molecule is c1ccc(-c2cc(-c3ccccc3)cc(-c3cccc(-c4nc(-c5cccc(-c6cc(-c7ccccc7)cc(-c7ccccc7)c6)c5)nc(-c5ccc6c(c5)C(c5ccccc5)(c5ccccc5)c5cccc7c8ccccc8n-6c57)n4)c3)c2)cc1. The number of para-hydroxylation sites is 2. The Labute approximate surface area is 500 Å². The van der Waals surface area contributed by atoms with Gasteiger partial charge in [0, 0.05) is 27.5 Å². The van der Waals surface area contributed by atoms with E-state index >= 15 is 0 Å². The topological polar surface area (TPSA) is 43.6 Å². The molecule has 1 aliphatic heterocycles. The molecule has 0 spiro atoms. The maximum Gasteiger partial charge on any atom is 0.164 e. The van der Waals surface area contributed by atoms with Crippen LogP contribution in [0.1, 0.15) is 22.3 Å². The van der Waals surface area contributed by atoms with E-state index in [-0.39, 0.29) is 0 Å². The van der Waals surface area contributed by atoms with E-state index in [0.29, 0.717) is 17.5 Å².